The van der Waals surface area contributed by atoms with Crippen LogP contribution in [0.5, 0.6) is 11.5 Å². The van der Waals surface area contributed by atoms with Gasteiger partial charge in [0.15, 0.2) is 0 Å². The number of carboxylic acids is 2. The SMILES string of the molecule is CCOc1cc(C[NH2+]CCC2(CC)CC(=O)N(c3ccc(C(=O)O)c(C(F)(F)F)c3)C2)cc(OCC)c1-c1ccc(F)cc1.O=C([O-])C(F)(F)F. The van der Waals surface area contributed by atoms with Crippen LogP contribution in [-0.4, -0.2) is 55.4 Å². The van der Waals surface area contributed by atoms with Crippen LogP contribution in [0, 0.1) is 11.2 Å². The highest BCUT2D eigenvalue weighted by atomic mass is 19.4. The van der Waals surface area contributed by atoms with E-state index in [0.717, 1.165) is 28.8 Å². The lowest BCUT2D eigenvalue weighted by Crippen LogP contribution is -2.83. The summed E-state index contributed by atoms with van der Waals surface area (Å²) < 4.78 is 97.8. The third kappa shape index (κ3) is 10.6. The summed E-state index contributed by atoms with van der Waals surface area (Å²) in [4.78, 5) is 34.5. The number of carbonyl (C=O) groups is 3. The van der Waals surface area contributed by atoms with Gasteiger partial charge in [-0.25, -0.2) is 9.18 Å². The van der Waals surface area contributed by atoms with Crippen LogP contribution >= 0.6 is 0 Å². The number of carbonyl (C=O) groups excluding carboxylic acids is 2. The van der Waals surface area contributed by atoms with Crippen molar-refractivity contribution in [1.29, 1.82) is 0 Å². The number of amides is 1. The first-order valence-corrected chi connectivity index (χ1v) is 15.9. The zero-order valence-electron chi connectivity index (χ0n) is 27.9. The highest BCUT2D eigenvalue weighted by molar-refractivity contribution is 5.97. The van der Waals surface area contributed by atoms with Gasteiger partial charge in [-0.05, 0) is 68.3 Å². The molecule has 1 amide bonds. The van der Waals surface area contributed by atoms with Crippen molar-refractivity contribution >= 4 is 23.5 Å². The number of aliphatic carboxylic acids is 1. The van der Waals surface area contributed by atoms with Crippen LogP contribution in [0.1, 0.15) is 61.5 Å². The van der Waals surface area contributed by atoms with Gasteiger partial charge in [-0.15, -0.1) is 0 Å². The first kappa shape index (κ1) is 40.6. The number of quaternary nitrogens is 1. The van der Waals surface area contributed by atoms with E-state index in [0.29, 0.717) is 50.6 Å². The molecule has 0 aromatic heterocycles. The summed E-state index contributed by atoms with van der Waals surface area (Å²) in [5.74, 6) is -4.06. The minimum Gasteiger partial charge on any atom is -0.542 e. The van der Waals surface area contributed by atoms with Crippen LogP contribution in [0.15, 0.2) is 54.6 Å². The van der Waals surface area contributed by atoms with Crippen LogP contribution in [-0.2, 0) is 22.3 Å². The van der Waals surface area contributed by atoms with Gasteiger partial charge < -0.3 is 34.7 Å². The Balaban J connectivity index is 0.000000908. The van der Waals surface area contributed by atoms with Crippen LogP contribution < -0.4 is 24.8 Å². The van der Waals surface area contributed by atoms with Crippen molar-refractivity contribution in [2.45, 2.75) is 58.9 Å². The van der Waals surface area contributed by atoms with Gasteiger partial charge in [0.25, 0.3) is 0 Å². The van der Waals surface area contributed by atoms with E-state index < -0.39 is 40.8 Å². The van der Waals surface area contributed by atoms with Gasteiger partial charge in [-0.1, -0.05) is 19.1 Å². The molecule has 1 saturated heterocycles. The Morgan fingerprint density at radius 3 is 1.98 bits per heavy atom. The molecule has 9 nitrogen and oxygen atoms in total. The van der Waals surface area contributed by atoms with E-state index in [2.05, 4.69) is 5.32 Å². The minimum atomic E-state index is -5.19. The van der Waals surface area contributed by atoms with Crippen molar-refractivity contribution in [3.63, 3.8) is 0 Å². The zero-order chi connectivity index (χ0) is 38.1. The number of halogens is 7. The average molecular weight is 731 g/mol. The summed E-state index contributed by atoms with van der Waals surface area (Å²) in [5.41, 5.74) is -0.0472. The number of hydrogen-bond donors (Lipinski definition) is 2. The number of carboxylic acid groups (broad SMARTS) is 2. The fraction of sp³-hybridized carbons (Fsp3) is 0.400. The molecule has 0 spiro atoms. The molecule has 1 unspecified atom stereocenters. The van der Waals surface area contributed by atoms with Crippen LogP contribution in [0.3, 0.4) is 0 Å². The minimum absolute atomic E-state index is 0.0415. The Kier molecular flexibility index (Phi) is 13.4. The molecular formula is C35H37F7N2O7. The Bertz CT molecular complexity index is 1670. The maximum absolute atomic E-state index is 13.6. The third-order valence-electron chi connectivity index (χ3n) is 8.27. The van der Waals surface area contributed by atoms with Crippen molar-refractivity contribution < 1.29 is 70.1 Å². The molecule has 0 saturated carbocycles. The van der Waals surface area contributed by atoms with Gasteiger partial charge in [-0.3, -0.25) is 4.79 Å². The fourth-order valence-corrected chi connectivity index (χ4v) is 5.71. The van der Waals surface area contributed by atoms with Crippen molar-refractivity contribution in [2.75, 3.05) is 31.2 Å². The molecule has 1 fully saturated rings. The number of hydrogen-bond acceptors (Lipinski definition) is 6. The number of anilines is 1. The largest absolute Gasteiger partial charge is 0.542 e. The summed E-state index contributed by atoms with van der Waals surface area (Å²) in [5, 5.41) is 20.1. The number of nitrogens with two attached hydrogens (primary N) is 1. The predicted molar refractivity (Wildman–Crippen MR) is 168 cm³/mol. The van der Waals surface area contributed by atoms with Gasteiger partial charge in [0.05, 0.1) is 36.4 Å². The van der Waals surface area contributed by atoms with Crippen molar-refractivity contribution in [3.05, 3.63) is 77.1 Å². The molecule has 3 aromatic rings. The van der Waals surface area contributed by atoms with Gasteiger partial charge in [-0.2, -0.15) is 26.3 Å². The Morgan fingerprint density at radius 1 is 0.941 bits per heavy atom. The molecular weight excluding hydrogens is 693 g/mol. The molecule has 1 atom stereocenters. The number of alkyl halides is 6. The molecule has 3 N–H and O–H groups in total. The summed E-state index contributed by atoms with van der Waals surface area (Å²) in [6, 6.07) is 12.9. The van der Waals surface area contributed by atoms with Crippen molar-refractivity contribution in [1.82, 2.24) is 0 Å². The van der Waals surface area contributed by atoms with Crippen LogP contribution in [0.2, 0.25) is 0 Å². The highest BCUT2D eigenvalue weighted by Crippen LogP contribution is 2.42. The van der Waals surface area contributed by atoms with E-state index in [-0.39, 0.29) is 30.4 Å². The van der Waals surface area contributed by atoms with Gasteiger partial charge in [0.2, 0.25) is 5.91 Å². The number of ether oxygens (including phenoxy) is 2. The van der Waals surface area contributed by atoms with Crippen molar-refractivity contribution in [3.8, 4) is 22.6 Å². The Morgan fingerprint density at radius 2 is 1.51 bits per heavy atom. The van der Waals surface area contributed by atoms with E-state index >= 15 is 0 Å². The number of rotatable bonds is 13. The smallest absolute Gasteiger partial charge is 0.430 e. The van der Waals surface area contributed by atoms with Gasteiger partial charge in [0, 0.05) is 36.1 Å². The number of nitrogens with zero attached hydrogens (tertiary/aromatic N) is 1. The molecule has 1 aliphatic rings. The quantitative estimate of drug-likeness (QED) is 0.173. The lowest BCUT2D eigenvalue weighted by Gasteiger charge is -2.27. The van der Waals surface area contributed by atoms with E-state index in [1.165, 1.54) is 23.1 Å². The van der Waals surface area contributed by atoms with Crippen molar-refractivity contribution in [2.24, 2.45) is 5.41 Å². The molecule has 278 valence electrons. The van der Waals surface area contributed by atoms with Crippen LogP contribution in [0.4, 0.5) is 36.4 Å². The molecule has 0 radical (unpaired) electrons. The second kappa shape index (κ2) is 16.9. The summed E-state index contributed by atoms with van der Waals surface area (Å²) >= 11 is 0. The number of benzene rings is 3. The van der Waals surface area contributed by atoms with Crippen LogP contribution in [0.25, 0.3) is 11.1 Å². The third-order valence-corrected chi connectivity index (χ3v) is 8.27. The molecule has 4 rings (SSSR count). The lowest BCUT2D eigenvalue weighted by molar-refractivity contribution is -0.672. The van der Waals surface area contributed by atoms with E-state index in [9.17, 15) is 45.4 Å². The fourth-order valence-electron chi connectivity index (χ4n) is 5.71. The molecule has 1 heterocycles. The monoisotopic (exact) mass is 730 g/mol. The molecule has 3 aromatic carbocycles. The summed E-state index contributed by atoms with van der Waals surface area (Å²) in [6.45, 7) is 8.08. The topological polar surface area (TPSA) is 133 Å². The van der Waals surface area contributed by atoms with E-state index in [1.807, 2.05) is 32.9 Å². The Labute approximate surface area is 289 Å². The summed E-state index contributed by atoms with van der Waals surface area (Å²) in [7, 11) is 0. The molecule has 0 bridgehead atoms. The zero-order valence-corrected chi connectivity index (χ0v) is 27.9. The average Bonchev–Trinajstić information content (AvgIpc) is 3.39. The summed E-state index contributed by atoms with van der Waals surface area (Å²) in [6.07, 6.45) is -8.58. The normalized spacial score (nSPS) is 16.0. The molecule has 16 heteroatoms. The van der Waals surface area contributed by atoms with E-state index in [1.54, 1.807) is 12.1 Å². The standard InChI is InChI=1S/C33H36F4N2O5.C2HF3O2/c1-4-32(18-29(40)39(20-32)24-11-12-25(31(41)42)26(17-24)33(35,36)37)13-14-38-19-21-15-27(43-5-2)30(28(16-21)44-6-3)22-7-9-23(34)10-8-22;3-2(4,5)1(6)7/h7-12,15-17,38H,4-6,13-14,18-20H2,1-3H3,(H,41,42);(H,6,7). The van der Waals surface area contributed by atoms with Gasteiger partial charge in [0.1, 0.15) is 29.8 Å². The molecule has 1 aliphatic heterocycles. The molecule has 51 heavy (non-hydrogen) atoms. The second-order valence-corrected chi connectivity index (χ2v) is 11.7. The maximum Gasteiger partial charge on any atom is 0.430 e. The van der Waals surface area contributed by atoms with E-state index in [4.69, 9.17) is 19.4 Å². The Hall–Kier alpha value is -4.86. The first-order chi connectivity index (χ1) is 23.9. The number of aromatic carboxylic acids is 1. The maximum atomic E-state index is 13.6. The van der Waals surface area contributed by atoms with Gasteiger partial charge >= 0.3 is 18.3 Å². The molecule has 0 aliphatic carbocycles. The highest BCUT2D eigenvalue weighted by Gasteiger charge is 2.44. The first-order valence-electron chi connectivity index (χ1n) is 15.9. The second-order valence-electron chi connectivity index (χ2n) is 11.7. The lowest BCUT2D eigenvalue weighted by atomic mass is 9.81. The predicted octanol–water partition coefficient (Wildman–Crippen LogP) is 5.59.